The van der Waals surface area contributed by atoms with Crippen molar-refractivity contribution < 1.29 is 13.9 Å². The second-order valence-corrected chi connectivity index (χ2v) is 10.7. The van der Waals surface area contributed by atoms with Crippen molar-refractivity contribution in [1.82, 2.24) is 9.88 Å². The zero-order valence-electron chi connectivity index (χ0n) is 22.2. The molecule has 0 saturated heterocycles. The molecule has 3 heterocycles. The summed E-state index contributed by atoms with van der Waals surface area (Å²) < 4.78 is 26.1. The molecule has 39 heavy (non-hydrogen) atoms. The smallest absolute Gasteiger partial charge is 0.162 e. The lowest BCUT2D eigenvalue weighted by Gasteiger charge is -2.46. The van der Waals surface area contributed by atoms with Crippen molar-refractivity contribution in [3.8, 4) is 11.5 Å². The first-order valence-electron chi connectivity index (χ1n) is 13.6. The van der Waals surface area contributed by atoms with Crippen molar-refractivity contribution >= 4 is 10.9 Å². The third-order valence-corrected chi connectivity index (χ3v) is 8.37. The summed E-state index contributed by atoms with van der Waals surface area (Å²) in [4.78, 5) is 6.30. The van der Waals surface area contributed by atoms with Crippen LogP contribution in [0.4, 0.5) is 4.39 Å². The van der Waals surface area contributed by atoms with Gasteiger partial charge in [-0.3, -0.25) is 4.90 Å². The Bertz CT molecular complexity index is 1660. The molecule has 5 heteroatoms. The molecule has 2 atom stereocenters. The van der Waals surface area contributed by atoms with Gasteiger partial charge in [0.1, 0.15) is 12.4 Å². The van der Waals surface area contributed by atoms with Gasteiger partial charge in [0, 0.05) is 29.2 Å². The van der Waals surface area contributed by atoms with E-state index in [1.54, 1.807) is 19.2 Å². The van der Waals surface area contributed by atoms with E-state index in [1.807, 2.05) is 12.1 Å². The van der Waals surface area contributed by atoms with Gasteiger partial charge in [-0.15, -0.1) is 0 Å². The summed E-state index contributed by atoms with van der Waals surface area (Å²) in [5, 5.41) is 1.26. The van der Waals surface area contributed by atoms with Crippen LogP contribution >= 0.6 is 0 Å². The van der Waals surface area contributed by atoms with Gasteiger partial charge in [0.15, 0.2) is 11.5 Å². The highest BCUT2D eigenvalue weighted by Crippen LogP contribution is 2.49. The molecule has 0 saturated carbocycles. The lowest BCUT2D eigenvalue weighted by Crippen LogP contribution is -2.43. The molecule has 7 rings (SSSR count). The maximum absolute atomic E-state index is 13.9. The summed E-state index contributed by atoms with van der Waals surface area (Å²) in [6, 6.07) is 28.5. The third kappa shape index (κ3) is 4.18. The number of benzene rings is 4. The van der Waals surface area contributed by atoms with E-state index in [-0.39, 0.29) is 17.9 Å². The molecule has 0 aliphatic carbocycles. The first-order valence-corrected chi connectivity index (χ1v) is 13.6. The fraction of sp³-hybridized carbons (Fsp3) is 0.235. The SMILES string of the molecule is COc1cc2c(cc1OCc1ccc(C)cc1)C1Cc3c([nH]c4ccccc34)C(c3ccc(F)cc3)N1CC2. The van der Waals surface area contributed by atoms with Crippen molar-refractivity contribution in [1.29, 1.82) is 0 Å². The van der Waals surface area contributed by atoms with Crippen LogP contribution in [-0.4, -0.2) is 23.5 Å². The van der Waals surface area contributed by atoms with Gasteiger partial charge in [-0.05, 0) is 77.9 Å². The van der Waals surface area contributed by atoms with Gasteiger partial charge < -0.3 is 14.5 Å². The minimum Gasteiger partial charge on any atom is -0.493 e. The molecule has 1 aromatic heterocycles. The van der Waals surface area contributed by atoms with Gasteiger partial charge in [0.25, 0.3) is 0 Å². The largest absolute Gasteiger partial charge is 0.493 e. The molecular formula is C34H31FN2O2. The van der Waals surface area contributed by atoms with Crippen LogP contribution in [0.5, 0.6) is 11.5 Å². The number of aromatic amines is 1. The Morgan fingerprint density at radius 2 is 1.74 bits per heavy atom. The minimum atomic E-state index is -0.213. The topological polar surface area (TPSA) is 37.5 Å². The van der Waals surface area contributed by atoms with Crippen LogP contribution in [-0.2, 0) is 19.4 Å². The van der Waals surface area contributed by atoms with E-state index in [0.29, 0.717) is 6.61 Å². The number of hydrogen-bond acceptors (Lipinski definition) is 3. The lowest BCUT2D eigenvalue weighted by atomic mass is 9.80. The molecule has 2 aliphatic heterocycles. The zero-order valence-corrected chi connectivity index (χ0v) is 22.2. The summed E-state index contributed by atoms with van der Waals surface area (Å²) in [5.41, 5.74) is 9.74. The third-order valence-electron chi connectivity index (χ3n) is 8.37. The molecule has 0 radical (unpaired) electrons. The normalized spacial score (nSPS) is 18.3. The van der Waals surface area contributed by atoms with E-state index >= 15 is 0 Å². The average molecular weight is 519 g/mol. The zero-order chi connectivity index (χ0) is 26.5. The Kier molecular flexibility index (Phi) is 5.89. The number of nitrogens with zero attached hydrogens (tertiary/aromatic N) is 1. The molecule has 4 nitrogen and oxygen atoms in total. The van der Waals surface area contributed by atoms with Crippen molar-refractivity contribution in [3.63, 3.8) is 0 Å². The van der Waals surface area contributed by atoms with Crippen LogP contribution < -0.4 is 9.47 Å². The number of fused-ring (bicyclic) bond motifs is 6. The monoisotopic (exact) mass is 518 g/mol. The predicted octanol–water partition coefficient (Wildman–Crippen LogP) is 7.45. The van der Waals surface area contributed by atoms with Crippen molar-refractivity contribution in [2.45, 2.75) is 38.5 Å². The van der Waals surface area contributed by atoms with Crippen LogP contribution in [0.3, 0.4) is 0 Å². The van der Waals surface area contributed by atoms with Gasteiger partial charge in [-0.1, -0.05) is 60.2 Å². The molecular weight excluding hydrogens is 487 g/mol. The Morgan fingerprint density at radius 3 is 2.54 bits per heavy atom. The maximum Gasteiger partial charge on any atom is 0.162 e. The Labute approximate surface area is 228 Å². The number of nitrogens with one attached hydrogen (secondary N) is 1. The van der Waals surface area contributed by atoms with Crippen LogP contribution in [0.15, 0.2) is 84.9 Å². The number of rotatable bonds is 5. The Morgan fingerprint density at radius 1 is 0.949 bits per heavy atom. The van der Waals surface area contributed by atoms with Crippen LogP contribution in [0, 0.1) is 12.7 Å². The minimum absolute atomic E-state index is 0.0129. The molecule has 0 bridgehead atoms. The fourth-order valence-electron chi connectivity index (χ4n) is 6.42. The Balaban J connectivity index is 1.32. The second kappa shape index (κ2) is 9.58. The van der Waals surface area contributed by atoms with Crippen LogP contribution in [0.25, 0.3) is 10.9 Å². The molecule has 4 aromatic carbocycles. The van der Waals surface area contributed by atoms with E-state index in [2.05, 4.69) is 77.5 Å². The highest BCUT2D eigenvalue weighted by molar-refractivity contribution is 5.85. The number of H-pyrrole nitrogens is 1. The molecule has 196 valence electrons. The summed E-state index contributed by atoms with van der Waals surface area (Å²) >= 11 is 0. The molecule has 2 aliphatic rings. The number of aryl methyl sites for hydroxylation is 1. The first kappa shape index (κ1) is 24.0. The van der Waals surface area contributed by atoms with Gasteiger partial charge in [-0.25, -0.2) is 4.39 Å². The number of methoxy groups -OCH3 is 1. The number of hydrogen-bond donors (Lipinski definition) is 1. The van der Waals surface area contributed by atoms with Gasteiger partial charge >= 0.3 is 0 Å². The highest BCUT2D eigenvalue weighted by Gasteiger charge is 2.41. The van der Waals surface area contributed by atoms with Crippen molar-refractivity contribution in [2.75, 3.05) is 13.7 Å². The predicted molar refractivity (Wildman–Crippen MR) is 152 cm³/mol. The summed E-state index contributed by atoms with van der Waals surface area (Å²) in [5.74, 6) is 1.32. The summed E-state index contributed by atoms with van der Waals surface area (Å²) in [6.45, 7) is 3.47. The van der Waals surface area contributed by atoms with E-state index in [1.165, 1.54) is 33.3 Å². The van der Waals surface area contributed by atoms with E-state index in [0.717, 1.165) is 47.5 Å². The molecule has 2 unspecified atom stereocenters. The molecule has 0 amide bonds. The van der Waals surface area contributed by atoms with Crippen LogP contribution in [0.1, 0.15) is 51.2 Å². The maximum atomic E-state index is 13.9. The standard InChI is InChI=1S/C34H31FN2O2/c1-21-7-9-22(10-8-21)20-39-32-19-27-24(17-31(32)38-2)15-16-37-30(27)18-28-26-5-3-4-6-29(26)36-33(28)34(37)23-11-13-25(35)14-12-23/h3-14,17,19,30,34,36H,15-16,18,20H2,1-2H3. The Hall–Kier alpha value is -4.09. The first-order chi connectivity index (χ1) is 19.1. The highest BCUT2D eigenvalue weighted by atomic mass is 19.1. The summed E-state index contributed by atoms with van der Waals surface area (Å²) in [6.07, 6.45) is 1.81. The van der Waals surface area contributed by atoms with Gasteiger partial charge in [-0.2, -0.15) is 0 Å². The van der Waals surface area contributed by atoms with Crippen molar-refractivity contribution in [3.05, 3.63) is 130 Å². The van der Waals surface area contributed by atoms with Gasteiger partial charge in [0.05, 0.1) is 13.2 Å². The molecule has 1 N–H and O–H groups in total. The number of ether oxygens (including phenoxy) is 2. The van der Waals surface area contributed by atoms with E-state index in [9.17, 15) is 4.39 Å². The second-order valence-electron chi connectivity index (χ2n) is 10.7. The summed E-state index contributed by atoms with van der Waals surface area (Å²) in [7, 11) is 1.71. The fourth-order valence-corrected chi connectivity index (χ4v) is 6.42. The van der Waals surface area contributed by atoms with E-state index < -0.39 is 0 Å². The van der Waals surface area contributed by atoms with Gasteiger partial charge in [0.2, 0.25) is 0 Å². The van der Waals surface area contributed by atoms with Crippen LogP contribution in [0.2, 0.25) is 0 Å². The number of halogens is 1. The number of aromatic nitrogens is 1. The quantitative estimate of drug-likeness (QED) is 0.263. The van der Waals surface area contributed by atoms with E-state index in [4.69, 9.17) is 9.47 Å². The molecule has 0 fully saturated rings. The molecule has 0 spiro atoms. The van der Waals surface area contributed by atoms with Crippen molar-refractivity contribution in [2.24, 2.45) is 0 Å². The lowest BCUT2D eigenvalue weighted by molar-refractivity contribution is 0.127. The molecule has 5 aromatic rings. The average Bonchev–Trinajstić information content (AvgIpc) is 3.34. The number of para-hydroxylation sites is 1.